The molecule has 1 unspecified atom stereocenters. The van der Waals surface area contributed by atoms with Gasteiger partial charge in [-0.15, -0.1) is 0 Å². The summed E-state index contributed by atoms with van der Waals surface area (Å²) < 4.78 is 5.44. The van der Waals surface area contributed by atoms with Crippen LogP contribution in [-0.4, -0.2) is 42.2 Å². The number of piperidine rings is 3. The molecule has 3 aliphatic rings. The van der Waals surface area contributed by atoms with Crippen molar-refractivity contribution >= 4 is 5.82 Å². The van der Waals surface area contributed by atoms with Crippen LogP contribution in [0.15, 0.2) is 18.2 Å². The topological polar surface area (TPSA) is 37.4 Å². The van der Waals surface area contributed by atoms with Crippen LogP contribution in [0.4, 0.5) is 5.82 Å². The highest BCUT2D eigenvalue weighted by Crippen LogP contribution is 2.29. The van der Waals surface area contributed by atoms with Crippen LogP contribution in [0.5, 0.6) is 5.88 Å². The fourth-order valence-corrected chi connectivity index (χ4v) is 3.04. The molecule has 4 nitrogen and oxygen atoms in total. The Labute approximate surface area is 108 Å². The van der Waals surface area contributed by atoms with Crippen LogP contribution in [0.3, 0.4) is 0 Å². The summed E-state index contributed by atoms with van der Waals surface area (Å²) in [6.45, 7) is 6.35. The Balaban J connectivity index is 1.67. The van der Waals surface area contributed by atoms with Crippen LogP contribution < -0.4 is 10.1 Å². The minimum atomic E-state index is 0.553. The monoisotopic (exact) mass is 247 g/mol. The van der Waals surface area contributed by atoms with Crippen LogP contribution in [-0.2, 0) is 0 Å². The van der Waals surface area contributed by atoms with Crippen molar-refractivity contribution in [2.75, 3.05) is 31.6 Å². The standard InChI is InChI=1S/C14H21N3O/c1-2-18-14-5-3-4-13(16-14)15-12-10-17-8-6-11(12)7-9-17/h3-5,11-12H,2,6-10H2,1H3,(H,15,16). The quantitative estimate of drug-likeness (QED) is 0.883. The average Bonchev–Trinajstić information content (AvgIpc) is 2.41. The van der Waals surface area contributed by atoms with Crippen molar-refractivity contribution in [1.82, 2.24) is 9.88 Å². The van der Waals surface area contributed by atoms with E-state index in [0.29, 0.717) is 18.5 Å². The van der Waals surface area contributed by atoms with Gasteiger partial charge in [-0.05, 0) is 44.8 Å². The van der Waals surface area contributed by atoms with Gasteiger partial charge in [-0.1, -0.05) is 6.07 Å². The molecule has 1 aromatic heterocycles. The summed E-state index contributed by atoms with van der Waals surface area (Å²) in [4.78, 5) is 7.03. The van der Waals surface area contributed by atoms with E-state index >= 15 is 0 Å². The molecule has 0 aliphatic carbocycles. The Morgan fingerprint density at radius 3 is 2.89 bits per heavy atom. The van der Waals surface area contributed by atoms with Gasteiger partial charge in [0.2, 0.25) is 5.88 Å². The number of pyridine rings is 1. The maximum absolute atomic E-state index is 5.44. The molecule has 3 saturated heterocycles. The Kier molecular flexibility index (Phi) is 3.37. The maximum atomic E-state index is 5.44. The van der Waals surface area contributed by atoms with Gasteiger partial charge in [0.15, 0.2) is 0 Å². The average molecular weight is 247 g/mol. The van der Waals surface area contributed by atoms with Crippen molar-refractivity contribution < 1.29 is 4.74 Å². The smallest absolute Gasteiger partial charge is 0.215 e. The molecule has 98 valence electrons. The number of anilines is 1. The molecule has 18 heavy (non-hydrogen) atoms. The molecule has 0 saturated carbocycles. The van der Waals surface area contributed by atoms with Crippen molar-refractivity contribution in [3.63, 3.8) is 0 Å². The highest BCUT2D eigenvalue weighted by molar-refractivity contribution is 5.38. The molecule has 1 N–H and O–H groups in total. The van der Waals surface area contributed by atoms with Gasteiger partial charge in [0.05, 0.1) is 6.61 Å². The second kappa shape index (κ2) is 5.14. The van der Waals surface area contributed by atoms with E-state index in [-0.39, 0.29) is 0 Å². The first-order chi connectivity index (χ1) is 8.85. The van der Waals surface area contributed by atoms with Gasteiger partial charge in [0, 0.05) is 18.7 Å². The molecule has 0 amide bonds. The molecular weight excluding hydrogens is 226 g/mol. The third kappa shape index (κ3) is 2.43. The number of rotatable bonds is 4. The number of aromatic nitrogens is 1. The van der Waals surface area contributed by atoms with Crippen LogP contribution in [0.1, 0.15) is 19.8 Å². The van der Waals surface area contributed by atoms with E-state index in [1.807, 2.05) is 25.1 Å². The highest BCUT2D eigenvalue weighted by Gasteiger charge is 2.34. The lowest BCUT2D eigenvalue weighted by Gasteiger charge is -2.45. The van der Waals surface area contributed by atoms with E-state index < -0.39 is 0 Å². The van der Waals surface area contributed by atoms with Crippen molar-refractivity contribution in [1.29, 1.82) is 0 Å². The molecule has 1 aromatic rings. The number of hydrogen-bond acceptors (Lipinski definition) is 4. The zero-order valence-corrected chi connectivity index (χ0v) is 10.9. The molecule has 0 aromatic carbocycles. The van der Waals surface area contributed by atoms with Gasteiger partial charge < -0.3 is 15.0 Å². The van der Waals surface area contributed by atoms with Gasteiger partial charge in [-0.2, -0.15) is 4.98 Å². The summed E-state index contributed by atoms with van der Waals surface area (Å²) in [5.74, 6) is 2.47. The highest BCUT2D eigenvalue weighted by atomic mass is 16.5. The molecular formula is C14H21N3O. The SMILES string of the molecule is CCOc1cccc(NC2CN3CCC2CC3)n1. The number of ether oxygens (including phenoxy) is 1. The fraction of sp³-hybridized carbons (Fsp3) is 0.643. The van der Waals surface area contributed by atoms with E-state index in [2.05, 4.69) is 15.2 Å². The van der Waals surface area contributed by atoms with E-state index in [1.54, 1.807) is 0 Å². The van der Waals surface area contributed by atoms with Crippen LogP contribution >= 0.6 is 0 Å². The Bertz CT molecular complexity index is 402. The van der Waals surface area contributed by atoms with Crippen LogP contribution in [0, 0.1) is 5.92 Å². The van der Waals surface area contributed by atoms with E-state index in [1.165, 1.54) is 25.9 Å². The fourth-order valence-electron chi connectivity index (χ4n) is 3.04. The first-order valence-electron chi connectivity index (χ1n) is 6.94. The Hall–Kier alpha value is -1.29. The molecule has 0 radical (unpaired) electrons. The third-order valence-corrected chi connectivity index (χ3v) is 4.01. The number of hydrogen-bond donors (Lipinski definition) is 1. The second-order valence-electron chi connectivity index (χ2n) is 5.18. The molecule has 4 rings (SSSR count). The van der Waals surface area contributed by atoms with Crippen LogP contribution in [0.2, 0.25) is 0 Å². The van der Waals surface area contributed by atoms with Gasteiger partial charge in [0.1, 0.15) is 5.82 Å². The summed E-state index contributed by atoms with van der Waals surface area (Å²) in [6.07, 6.45) is 2.64. The van der Waals surface area contributed by atoms with E-state index in [0.717, 1.165) is 18.3 Å². The molecule has 3 aliphatic heterocycles. The molecule has 1 atom stereocenters. The molecule has 0 spiro atoms. The zero-order valence-electron chi connectivity index (χ0n) is 10.9. The lowest BCUT2D eigenvalue weighted by Crippen LogP contribution is -2.53. The predicted molar refractivity (Wildman–Crippen MR) is 72.0 cm³/mol. The summed E-state index contributed by atoms with van der Waals surface area (Å²) in [6, 6.07) is 6.49. The summed E-state index contributed by atoms with van der Waals surface area (Å²) in [5, 5.41) is 3.58. The second-order valence-corrected chi connectivity index (χ2v) is 5.18. The summed E-state index contributed by atoms with van der Waals surface area (Å²) >= 11 is 0. The van der Waals surface area contributed by atoms with Gasteiger partial charge in [-0.3, -0.25) is 0 Å². The minimum Gasteiger partial charge on any atom is -0.478 e. The predicted octanol–water partition coefficient (Wildman–Crippen LogP) is 1.99. The minimum absolute atomic E-state index is 0.553. The molecule has 4 heteroatoms. The summed E-state index contributed by atoms with van der Waals surface area (Å²) in [5.41, 5.74) is 0. The molecule has 3 fully saturated rings. The number of fused-ring (bicyclic) bond motifs is 3. The van der Waals surface area contributed by atoms with Crippen molar-refractivity contribution in [3.05, 3.63) is 18.2 Å². The van der Waals surface area contributed by atoms with Crippen molar-refractivity contribution in [2.45, 2.75) is 25.8 Å². The maximum Gasteiger partial charge on any atom is 0.215 e. The molecule has 4 heterocycles. The Morgan fingerprint density at radius 1 is 1.39 bits per heavy atom. The lowest BCUT2D eigenvalue weighted by molar-refractivity contribution is 0.0973. The van der Waals surface area contributed by atoms with E-state index in [4.69, 9.17) is 4.74 Å². The first kappa shape index (κ1) is 11.8. The Morgan fingerprint density at radius 2 is 2.22 bits per heavy atom. The van der Waals surface area contributed by atoms with Gasteiger partial charge >= 0.3 is 0 Å². The van der Waals surface area contributed by atoms with Gasteiger partial charge in [-0.25, -0.2) is 0 Å². The number of nitrogens with zero attached hydrogens (tertiary/aromatic N) is 2. The number of nitrogens with one attached hydrogen (secondary N) is 1. The zero-order chi connectivity index (χ0) is 12.4. The molecule has 2 bridgehead atoms. The summed E-state index contributed by atoms with van der Waals surface area (Å²) in [7, 11) is 0. The lowest BCUT2D eigenvalue weighted by atomic mass is 9.84. The van der Waals surface area contributed by atoms with Gasteiger partial charge in [0.25, 0.3) is 0 Å². The normalized spacial score (nSPS) is 30.2. The van der Waals surface area contributed by atoms with Crippen LogP contribution in [0.25, 0.3) is 0 Å². The first-order valence-corrected chi connectivity index (χ1v) is 6.94. The van der Waals surface area contributed by atoms with Crippen molar-refractivity contribution in [2.24, 2.45) is 5.92 Å². The van der Waals surface area contributed by atoms with Crippen molar-refractivity contribution in [3.8, 4) is 5.88 Å². The van der Waals surface area contributed by atoms with E-state index in [9.17, 15) is 0 Å². The largest absolute Gasteiger partial charge is 0.478 e. The third-order valence-electron chi connectivity index (χ3n) is 4.01.